The van der Waals surface area contributed by atoms with Gasteiger partial charge in [-0.05, 0) is 25.3 Å². The Balaban J connectivity index is 1.68. The minimum atomic E-state index is -3.65. The Morgan fingerprint density at radius 3 is 2.82 bits per heavy atom. The molecule has 0 spiro atoms. The summed E-state index contributed by atoms with van der Waals surface area (Å²) in [4.78, 5) is 10.7. The number of rotatable bonds is 5. The Bertz CT molecular complexity index is 711. The molecule has 22 heavy (non-hydrogen) atoms. The van der Waals surface area contributed by atoms with Gasteiger partial charge in [0.15, 0.2) is 0 Å². The quantitative estimate of drug-likeness (QED) is 0.873. The molecule has 2 aromatic heterocycles. The van der Waals surface area contributed by atoms with Gasteiger partial charge in [-0.1, -0.05) is 5.16 Å². The molecule has 1 fully saturated rings. The third-order valence-corrected chi connectivity index (χ3v) is 4.86. The third kappa shape index (κ3) is 3.42. The molecule has 9 heteroatoms. The Morgan fingerprint density at radius 1 is 1.27 bits per heavy atom. The molecule has 1 saturated heterocycles. The number of piperidine rings is 1. The summed E-state index contributed by atoms with van der Waals surface area (Å²) in [6.45, 7) is 1.97. The van der Waals surface area contributed by atoms with E-state index in [0.717, 1.165) is 44.2 Å². The second-order valence-corrected chi connectivity index (χ2v) is 6.83. The molecular formula is C13H17N5O3S. The predicted octanol–water partition coefficient (Wildman–Crippen LogP) is 0.933. The number of sulfonamides is 1. The molecule has 3 heterocycles. The van der Waals surface area contributed by atoms with Gasteiger partial charge < -0.3 is 9.42 Å². The summed E-state index contributed by atoms with van der Waals surface area (Å²) in [6, 6.07) is 1.85. The highest BCUT2D eigenvalue weighted by Crippen LogP contribution is 2.17. The number of nitrogens with zero attached hydrogens (tertiary/aromatic N) is 4. The first-order chi connectivity index (χ1) is 10.6. The third-order valence-electron chi connectivity index (χ3n) is 3.51. The molecule has 1 aliphatic rings. The van der Waals surface area contributed by atoms with Crippen LogP contribution in [0.25, 0.3) is 0 Å². The number of hydrogen-bond acceptors (Lipinski definition) is 7. The van der Waals surface area contributed by atoms with Crippen molar-refractivity contribution in [2.24, 2.45) is 0 Å². The zero-order valence-electron chi connectivity index (χ0n) is 12.0. The summed E-state index contributed by atoms with van der Waals surface area (Å²) in [5.41, 5.74) is 0. The van der Waals surface area contributed by atoms with E-state index in [2.05, 4.69) is 29.3 Å². The molecule has 0 saturated carbocycles. The molecule has 0 aliphatic carbocycles. The maximum atomic E-state index is 12.0. The topological polar surface area (TPSA) is 101 Å². The molecule has 8 nitrogen and oxygen atoms in total. The van der Waals surface area contributed by atoms with E-state index < -0.39 is 10.0 Å². The average Bonchev–Trinajstić information content (AvgIpc) is 3.10. The fourth-order valence-corrected chi connectivity index (χ4v) is 3.18. The number of hydrogen-bond donors (Lipinski definition) is 1. The lowest BCUT2D eigenvalue weighted by atomic mass is 10.1. The van der Waals surface area contributed by atoms with Gasteiger partial charge in [-0.15, -0.1) is 0 Å². The van der Waals surface area contributed by atoms with Gasteiger partial charge in [0.25, 0.3) is 0 Å². The first kappa shape index (κ1) is 14.9. The van der Waals surface area contributed by atoms with E-state index in [1.807, 2.05) is 6.07 Å². The van der Waals surface area contributed by atoms with Crippen molar-refractivity contribution in [1.82, 2.24) is 19.8 Å². The predicted molar refractivity (Wildman–Crippen MR) is 78.6 cm³/mol. The van der Waals surface area contributed by atoms with Crippen molar-refractivity contribution >= 4 is 15.8 Å². The molecule has 0 aromatic carbocycles. The van der Waals surface area contributed by atoms with Crippen LogP contribution < -0.4 is 9.62 Å². The summed E-state index contributed by atoms with van der Waals surface area (Å²) in [7, 11) is -3.65. The fourth-order valence-electron chi connectivity index (χ4n) is 2.34. The van der Waals surface area contributed by atoms with Crippen LogP contribution in [0.15, 0.2) is 34.1 Å². The molecule has 0 amide bonds. The fraction of sp³-hybridized carbons (Fsp3) is 0.462. The van der Waals surface area contributed by atoms with Crippen LogP contribution in [-0.4, -0.2) is 36.6 Å². The van der Waals surface area contributed by atoms with Crippen LogP contribution in [0.4, 0.5) is 5.82 Å². The van der Waals surface area contributed by atoms with E-state index in [9.17, 15) is 8.42 Å². The Kier molecular flexibility index (Phi) is 4.34. The number of aromatic nitrogens is 3. The second kappa shape index (κ2) is 6.41. The van der Waals surface area contributed by atoms with E-state index in [-0.39, 0.29) is 11.4 Å². The van der Waals surface area contributed by atoms with Gasteiger partial charge in [0.1, 0.15) is 22.8 Å². The minimum Gasteiger partial charge on any atom is -0.363 e. The number of anilines is 1. The lowest BCUT2D eigenvalue weighted by Gasteiger charge is -2.27. The smallest absolute Gasteiger partial charge is 0.245 e. The average molecular weight is 323 g/mol. The van der Waals surface area contributed by atoms with Gasteiger partial charge in [-0.25, -0.2) is 23.1 Å². The molecule has 0 unspecified atom stereocenters. The highest BCUT2D eigenvalue weighted by atomic mass is 32.2. The highest BCUT2D eigenvalue weighted by molar-refractivity contribution is 7.89. The molecule has 3 rings (SSSR count). The molecular weight excluding hydrogens is 306 g/mol. The van der Waals surface area contributed by atoms with Gasteiger partial charge >= 0.3 is 0 Å². The van der Waals surface area contributed by atoms with Crippen molar-refractivity contribution in [3.8, 4) is 0 Å². The summed E-state index contributed by atoms with van der Waals surface area (Å²) in [5, 5.41) is 3.39. The van der Waals surface area contributed by atoms with Crippen molar-refractivity contribution in [2.75, 3.05) is 18.0 Å². The SMILES string of the molecule is O=S(=O)(NCc1nccc(N2CCCCC2)n1)c1cnoc1. The van der Waals surface area contributed by atoms with Gasteiger partial charge in [0, 0.05) is 19.3 Å². The van der Waals surface area contributed by atoms with E-state index in [0.29, 0.717) is 5.82 Å². The molecule has 1 N–H and O–H groups in total. The highest BCUT2D eigenvalue weighted by Gasteiger charge is 2.17. The van der Waals surface area contributed by atoms with Crippen LogP contribution in [0.5, 0.6) is 0 Å². The molecule has 0 bridgehead atoms. The van der Waals surface area contributed by atoms with Crippen LogP contribution in [-0.2, 0) is 16.6 Å². The Hall–Kier alpha value is -2.00. The van der Waals surface area contributed by atoms with Gasteiger partial charge in [-0.2, -0.15) is 0 Å². The van der Waals surface area contributed by atoms with Crippen molar-refractivity contribution in [1.29, 1.82) is 0 Å². The summed E-state index contributed by atoms with van der Waals surface area (Å²) in [6.07, 6.45) is 7.42. The van der Waals surface area contributed by atoms with Gasteiger partial charge in [-0.3, -0.25) is 0 Å². The maximum Gasteiger partial charge on any atom is 0.245 e. The van der Waals surface area contributed by atoms with Crippen molar-refractivity contribution < 1.29 is 12.9 Å². The number of nitrogens with one attached hydrogen (secondary N) is 1. The van der Waals surface area contributed by atoms with Gasteiger partial charge in [0.05, 0.1) is 12.7 Å². The van der Waals surface area contributed by atoms with Crippen molar-refractivity contribution in [2.45, 2.75) is 30.7 Å². The van der Waals surface area contributed by atoms with Crippen LogP contribution >= 0.6 is 0 Å². The lowest BCUT2D eigenvalue weighted by molar-refractivity contribution is 0.417. The summed E-state index contributed by atoms with van der Waals surface area (Å²) in [5.74, 6) is 1.27. The minimum absolute atomic E-state index is 0.0142. The summed E-state index contributed by atoms with van der Waals surface area (Å²) < 4.78 is 30.9. The molecule has 0 atom stereocenters. The van der Waals surface area contributed by atoms with Crippen LogP contribution in [0.3, 0.4) is 0 Å². The van der Waals surface area contributed by atoms with Crippen LogP contribution in [0.2, 0.25) is 0 Å². The first-order valence-electron chi connectivity index (χ1n) is 7.11. The van der Waals surface area contributed by atoms with E-state index >= 15 is 0 Å². The second-order valence-electron chi connectivity index (χ2n) is 5.06. The van der Waals surface area contributed by atoms with Crippen molar-refractivity contribution in [3.05, 3.63) is 30.5 Å². The standard InChI is InChI=1S/C13H17N5O3S/c19-22(20,11-8-15-21-10-11)16-9-12-14-5-4-13(17-12)18-6-2-1-3-7-18/h4-5,8,10,16H,1-3,6-7,9H2. The lowest BCUT2D eigenvalue weighted by Crippen LogP contribution is -2.31. The molecule has 118 valence electrons. The summed E-state index contributed by atoms with van der Waals surface area (Å²) >= 11 is 0. The van der Waals surface area contributed by atoms with E-state index in [1.165, 1.54) is 6.42 Å². The maximum absolute atomic E-state index is 12.0. The Labute approximate surface area is 128 Å². The Morgan fingerprint density at radius 2 is 2.09 bits per heavy atom. The molecule has 0 radical (unpaired) electrons. The van der Waals surface area contributed by atoms with Gasteiger partial charge in [0.2, 0.25) is 10.0 Å². The van der Waals surface area contributed by atoms with Crippen LogP contribution in [0, 0.1) is 0 Å². The largest absolute Gasteiger partial charge is 0.363 e. The van der Waals surface area contributed by atoms with E-state index in [1.54, 1.807) is 6.20 Å². The molecule has 2 aromatic rings. The van der Waals surface area contributed by atoms with Crippen LogP contribution in [0.1, 0.15) is 25.1 Å². The normalized spacial score (nSPS) is 15.9. The van der Waals surface area contributed by atoms with E-state index in [4.69, 9.17) is 0 Å². The van der Waals surface area contributed by atoms with Crippen molar-refractivity contribution in [3.63, 3.8) is 0 Å². The first-order valence-corrected chi connectivity index (χ1v) is 8.59. The molecule has 1 aliphatic heterocycles. The zero-order chi connectivity index (χ0) is 15.4. The zero-order valence-corrected chi connectivity index (χ0v) is 12.8. The monoisotopic (exact) mass is 323 g/mol.